The molecule has 35 heavy (non-hydrogen) atoms. The second-order valence-electron chi connectivity index (χ2n) is 8.47. The van der Waals surface area contributed by atoms with E-state index < -0.39 is 11.1 Å². The number of imide groups is 1. The van der Waals surface area contributed by atoms with Crippen LogP contribution in [0.5, 0.6) is 5.75 Å². The summed E-state index contributed by atoms with van der Waals surface area (Å²) in [7, 11) is 0. The van der Waals surface area contributed by atoms with Gasteiger partial charge in [-0.15, -0.1) is 0 Å². The standard InChI is InChI=1S/C27H23ClN2O4S/c28-20-10-7-18(8-11-20)17-34-23-12-9-19-5-1-2-6-21(19)22(23)15-24-26(32)30(27(33)35-24)16-25(31)29-13-3-4-14-29/h1-2,5-12,15H,3-4,13-14,16-17H2/b24-15+. The van der Waals surface area contributed by atoms with Crippen LogP contribution in [0.3, 0.4) is 0 Å². The predicted octanol–water partition coefficient (Wildman–Crippen LogP) is 5.73. The molecule has 0 unspecified atom stereocenters. The Morgan fingerprint density at radius 1 is 1.00 bits per heavy atom. The zero-order chi connectivity index (χ0) is 24.4. The number of amides is 3. The van der Waals surface area contributed by atoms with Crippen LogP contribution in [0, 0.1) is 0 Å². The molecule has 3 aromatic rings. The average Bonchev–Trinajstić information content (AvgIpc) is 3.49. The molecule has 0 atom stereocenters. The number of hydrogen-bond acceptors (Lipinski definition) is 5. The molecule has 0 spiro atoms. The number of thioether (sulfide) groups is 1. The Labute approximate surface area is 212 Å². The van der Waals surface area contributed by atoms with E-state index in [1.54, 1.807) is 23.1 Å². The first-order valence-corrected chi connectivity index (χ1v) is 12.6. The highest BCUT2D eigenvalue weighted by molar-refractivity contribution is 8.18. The summed E-state index contributed by atoms with van der Waals surface area (Å²) in [5.41, 5.74) is 1.67. The monoisotopic (exact) mass is 506 g/mol. The van der Waals surface area contributed by atoms with Crippen molar-refractivity contribution in [3.05, 3.63) is 81.7 Å². The fourth-order valence-corrected chi connectivity index (χ4v) is 5.21. The number of nitrogens with zero attached hydrogens (tertiary/aromatic N) is 2. The lowest BCUT2D eigenvalue weighted by Gasteiger charge is -2.18. The van der Waals surface area contributed by atoms with Gasteiger partial charge in [0.25, 0.3) is 11.1 Å². The van der Waals surface area contributed by atoms with Crippen LogP contribution in [-0.2, 0) is 16.2 Å². The van der Waals surface area contributed by atoms with Crippen LogP contribution in [0.2, 0.25) is 5.02 Å². The van der Waals surface area contributed by atoms with Crippen LogP contribution < -0.4 is 4.74 Å². The van der Waals surface area contributed by atoms with Crippen molar-refractivity contribution in [3.8, 4) is 5.75 Å². The molecular formula is C27H23ClN2O4S. The third kappa shape index (κ3) is 5.06. The van der Waals surface area contributed by atoms with Crippen LogP contribution in [0.4, 0.5) is 4.79 Å². The van der Waals surface area contributed by atoms with Crippen LogP contribution in [0.15, 0.2) is 65.6 Å². The number of hydrogen-bond donors (Lipinski definition) is 0. The van der Waals surface area contributed by atoms with E-state index in [9.17, 15) is 14.4 Å². The Balaban J connectivity index is 1.43. The maximum atomic E-state index is 13.1. The van der Waals surface area contributed by atoms with E-state index in [2.05, 4.69) is 0 Å². The molecule has 2 aliphatic rings. The Morgan fingerprint density at radius 3 is 2.51 bits per heavy atom. The van der Waals surface area contributed by atoms with Gasteiger partial charge in [0, 0.05) is 23.7 Å². The molecule has 5 rings (SSSR count). The maximum Gasteiger partial charge on any atom is 0.294 e. The van der Waals surface area contributed by atoms with Gasteiger partial charge in [-0.2, -0.15) is 0 Å². The fourth-order valence-electron chi connectivity index (χ4n) is 4.26. The van der Waals surface area contributed by atoms with Gasteiger partial charge in [-0.05, 0) is 65.2 Å². The normalized spacial score (nSPS) is 17.1. The first-order chi connectivity index (χ1) is 17.0. The van der Waals surface area contributed by atoms with Crippen molar-refractivity contribution in [3.63, 3.8) is 0 Å². The quantitative estimate of drug-likeness (QED) is 0.399. The molecule has 6 nitrogen and oxygen atoms in total. The molecule has 8 heteroatoms. The number of ether oxygens (including phenoxy) is 1. The van der Waals surface area contributed by atoms with Gasteiger partial charge >= 0.3 is 0 Å². The van der Waals surface area contributed by atoms with Crippen molar-refractivity contribution in [2.75, 3.05) is 19.6 Å². The topological polar surface area (TPSA) is 66.9 Å². The van der Waals surface area contributed by atoms with Gasteiger partial charge in [-0.3, -0.25) is 19.3 Å². The molecule has 3 aromatic carbocycles. The second kappa shape index (κ2) is 10.1. The van der Waals surface area contributed by atoms with Crippen LogP contribution in [0.25, 0.3) is 16.8 Å². The van der Waals surface area contributed by atoms with Crippen molar-refractivity contribution >= 4 is 57.3 Å². The Hall–Kier alpha value is -3.29. The number of carbonyl (C=O) groups is 3. The van der Waals surface area contributed by atoms with Gasteiger partial charge in [0.1, 0.15) is 18.9 Å². The predicted molar refractivity (Wildman–Crippen MR) is 138 cm³/mol. The van der Waals surface area contributed by atoms with Crippen LogP contribution in [0.1, 0.15) is 24.0 Å². The molecule has 0 aliphatic carbocycles. The van der Waals surface area contributed by atoms with Gasteiger partial charge < -0.3 is 9.64 Å². The summed E-state index contributed by atoms with van der Waals surface area (Å²) < 4.78 is 6.13. The molecule has 2 fully saturated rings. The van der Waals surface area contributed by atoms with E-state index in [1.165, 1.54) is 0 Å². The fraction of sp³-hybridized carbons (Fsp3) is 0.222. The van der Waals surface area contributed by atoms with Gasteiger partial charge in [0.15, 0.2) is 0 Å². The molecule has 0 radical (unpaired) electrons. The highest BCUT2D eigenvalue weighted by atomic mass is 35.5. The molecule has 3 amide bonds. The van der Waals surface area contributed by atoms with Gasteiger partial charge in [-0.1, -0.05) is 54.1 Å². The zero-order valence-electron chi connectivity index (χ0n) is 18.9. The van der Waals surface area contributed by atoms with Crippen molar-refractivity contribution in [2.45, 2.75) is 19.4 Å². The number of carbonyl (C=O) groups excluding carboxylic acids is 3. The Kier molecular flexibility index (Phi) is 6.79. The smallest absolute Gasteiger partial charge is 0.294 e. The minimum atomic E-state index is -0.455. The summed E-state index contributed by atoms with van der Waals surface area (Å²) in [6.07, 6.45) is 3.60. The Bertz CT molecular complexity index is 1330. The molecule has 0 N–H and O–H groups in total. The second-order valence-corrected chi connectivity index (χ2v) is 9.90. The van der Waals surface area contributed by atoms with Gasteiger partial charge in [0.05, 0.1) is 4.91 Å². The average molecular weight is 507 g/mol. The summed E-state index contributed by atoms with van der Waals surface area (Å²) in [5.74, 6) is -0.0501. The summed E-state index contributed by atoms with van der Waals surface area (Å²) >= 11 is 6.83. The highest BCUT2D eigenvalue weighted by Gasteiger charge is 2.37. The summed E-state index contributed by atoms with van der Waals surface area (Å²) in [4.78, 5) is 41.3. The van der Waals surface area contributed by atoms with Crippen LogP contribution >= 0.6 is 23.4 Å². The van der Waals surface area contributed by atoms with E-state index in [-0.39, 0.29) is 17.4 Å². The third-order valence-electron chi connectivity index (χ3n) is 6.14. The van der Waals surface area contributed by atoms with Gasteiger partial charge in [-0.25, -0.2) is 0 Å². The number of benzene rings is 3. The number of fused-ring (bicyclic) bond motifs is 1. The molecule has 178 valence electrons. The summed E-state index contributed by atoms with van der Waals surface area (Å²) in [5, 5.41) is 2.11. The molecule has 2 saturated heterocycles. The highest BCUT2D eigenvalue weighted by Crippen LogP contribution is 2.37. The summed E-state index contributed by atoms with van der Waals surface area (Å²) in [6.45, 7) is 1.45. The maximum absolute atomic E-state index is 13.1. The molecule has 0 saturated carbocycles. The molecular weight excluding hydrogens is 484 g/mol. The largest absolute Gasteiger partial charge is 0.488 e. The first-order valence-electron chi connectivity index (χ1n) is 11.4. The minimum Gasteiger partial charge on any atom is -0.488 e. The van der Waals surface area contributed by atoms with E-state index in [0.29, 0.717) is 36.0 Å². The van der Waals surface area contributed by atoms with E-state index in [1.807, 2.05) is 48.5 Å². The van der Waals surface area contributed by atoms with Crippen molar-refractivity contribution in [1.29, 1.82) is 0 Å². The van der Waals surface area contributed by atoms with E-state index in [4.69, 9.17) is 16.3 Å². The van der Waals surface area contributed by atoms with Crippen molar-refractivity contribution < 1.29 is 19.1 Å². The van der Waals surface area contributed by atoms with Gasteiger partial charge in [0.2, 0.25) is 5.91 Å². The molecule has 0 aromatic heterocycles. The lowest BCUT2D eigenvalue weighted by atomic mass is 10.0. The molecule has 2 heterocycles. The van der Waals surface area contributed by atoms with Crippen LogP contribution in [-0.4, -0.2) is 46.5 Å². The SMILES string of the molecule is O=C(CN1C(=O)S/C(=C/c2c(OCc3ccc(Cl)cc3)ccc3ccccc23)C1=O)N1CCCC1. The van der Waals surface area contributed by atoms with Crippen molar-refractivity contribution in [2.24, 2.45) is 0 Å². The lowest BCUT2D eigenvalue weighted by molar-refractivity contribution is -0.135. The number of rotatable bonds is 6. The van der Waals surface area contributed by atoms with Crippen molar-refractivity contribution in [1.82, 2.24) is 9.80 Å². The molecule has 2 aliphatic heterocycles. The number of halogens is 1. The van der Waals surface area contributed by atoms with E-state index in [0.717, 1.165) is 45.8 Å². The number of likely N-dealkylation sites (tertiary alicyclic amines) is 1. The minimum absolute atomic E-state index is 0.191. The Morgan fingerprint density at radius 2 is 1.74 bits per heavy atom. The third-order valence-corrected chi connectivity index (χ3v) is 7.30. The van der Waals surface area contributed by atoms with E-state index >= 15 is 0 Å². The zero-order valence-corrected chi connectivity index (χ0v) is 20.5. The lowest BCUT2D eigenvalue weighted by Crippen LogP contribution is -2.40. The first kappa shape index (κ1) is 23.5. The molecule has 0 bridgehead atoms. The summed E-state index contributed by atoms with van der Waals surface area (Å²) in [6, 6.07) is 19.0.